The highest BCUT2D eigenvalue weighted by molar-refractivity contribution is 5.49. The van der Waals surface area contributed by atoms with Crippen molar-refractivity contribution >= 4 is 11.6 Å². The molecule has 19 heavy (non-hydrogen) atoms. The molecule has 0 unspecified atom stereocenters. The smallest absolute Gasteiger partial charge is 0.134 e. The van der Waals surface area contributed by atoms with Crippen molar-refractivity contribution < 1.29 is 0 Å². The van der Waals surface area contributed by atoms with E-state index in [0.717, 1.165) is 50.1 Å². The number of hydrogen-bond donors (Lipinski definition) is 1. The molecular weight excluding hydrogens is 238 g/mol. The fraction of sp³-hybridized carbons (Fsp3) is 0.714. The highest BCUT2D eigenvalue weighted by Gasteiger charge is 2.10. The molecular formula is C14H27N5. The molecule has 0 aromatic carbocycles. The van der Waals surface area contributed by atoms with Crippen LogP contribution in [0.1, 0.15) is 26.1 Å². The summed E-state index contributed by atoms with van der Waals surface area (Å²) in [6, 6.07) is 2.04. The Kier molecular flexibility index (Phi) is 6.56. The zero-order valence-corrected chi connectivity index (χ0v) is 12.9. The van der Waals surface area contributed by atoms with Gasteiger partial charge in [-0.1, -0.05) is 6.92 Å². The van der Waals surface area contributed by atoms with Gasteiger partial charge in [0.05, 0.1) is 0 Å². The quantitative estimate of drug-likeness (QED) is 0.779. The summed E-state index contributed by atoms with van der Waals surface area (Å²) in [4.78, 5) is 13.5. The van der Waals surface area contributed by atoms with Gasteiger partial charge in [0.25, 0.3) is 0 Å². The molecule has 0 aliphatic heterocycles. The van der Waals surface area contributed by atoms with Crippen LogP contribution < -0.4 is 10.2 Å². The first-order chi connectivity index (χ1) is 9.06. The summed E-state index contributed by atoms with van der Waals surface area (Å²) in [6.45, 7) is 10.1. The molecule has 0 saturated heterocycles. The highest BCUT2D eigenvalue weighted by atomic mass is 15.2. The average molecular weight is 265 g/mol. The molecule has 1 N–H and O–H groups in total. The highest BCUT2D eigenvalue weighted by Crippen LogP contribution is 2.16. The number of nitrogens with zero attached hydrogens (tertiary/aromatic N) is 4. The molecule has 0 amide bonds. The minimum Gasteiger partial charge on any atom is -0.370 e. The van der Waals surface area contributed by atoms with Crippen LogP contribution in [0.5, 0.6) is 0 Å². The van der Waals surface area contributed by atoms with E-state index in [1.54, 1.807) is 0 Å². The van der Waals surface area contributed by atoms with Gasteiger partial charge in [-0.25, -0.2) is 9.97 Å². The fourth-order valence-electron chi connectivity index (χ4n) is 1.92. The van der Waals surface area contributed by atoms with Gasteiger partial charge in [-0.3, -0.25) is 0 Å². The summed E-state index contributed by atoms with van der Waals surface area (Å²) in [5, 5.41) is 3.26. The molecule has 1 rings (SSSR count). The predicted octanol–water partition coefficient (Wildman–Crippen LogP) is 1.99. The third-order valence-electron chi connectivity index (χ3n) is 2.82. The number of nitrogens with one attached hydrogen (secondary N) is 1. The van der Waals surface area contributed by atoms with E-state index in [2.05, 4.69) is 53.0 Å². The van der Waals surface area contributed by atoms with Crippen LogP contribution in [0.2, 0.25) is 0 Å². The van der Waals surface area contributed by atoms with Crippen molar-refractivity contribution in [3.05, 3.63) is 11.9 Å². The van der Waals surface area contributed by atoms with E-state index in [1.165, 1.54) is 0 Å². The minimum absolute atomic E-state index is 0.819. The van der Waals surface area contributed by atoms with Crippen molar-refractivity contribution in [3.63, 3.8) is 0 Å². The van der Waals surface area contributed by atoms with Crippen LogP contribution in [0, 0.1) is 6.92 Å². The number of anilines is 2. The molecule has 108 valence electrons. The van der Waals surface area contributed by atoms with Gasteiger partial charge < -0.3 is 15.1 Å². The molecule has 5 heteroatoms. The van der Waals surface area contributed by atoms with Crippen LogP contribution in [0.25, 0.3) is 0 Å². The molecule has 0 atom stereocenters. The zero-order chi connectivity index (χ0) is 14.3. The molecule has 0 fully saturated rings. The lowest BCUT2D eigenvalue weighted by Crippen LogP contribution is -2.33. The van der Waals surface area contributed by atoms with Crippen molar-refractivity contribution in [2.75, 3.05) is 50.5 Å². The van der Waals surface area contributed by atoms with Crippen LogP contribution in [-0.4, -0.2) is 55.1 Å². The van der Waals surface area contributed by atoms with Gasteiger partial charge in [0.15, 0.2) is 0 Å². The van der Waals surface area contributed by atoms with Gasteiger partial charge in [0.2, 0.25) is 0 Å². The van der Waals surface area contributed by atoms with E-state index >= 15 is 0 Å². The van der Waals surface area contributed by atoms with Gasteiger partial charge in [0.1, 0.15) is 17.5 Å². The van der Waals surface area contributed by atoms with Gasteiger partial charge >= 0.3 is 0 Å². The summed E-state index contributed by atoms with van der Waals surface area (Å²) in [5.41, 5.74) is 0. The summed E-state index contributed by atoms with van der Waals surface area (Å²) in [5.74, 6) is 2.75. The van der Waals surface area contributed by atoms with E-state index in [9.17, 15) is 0 Å². The Hall–Kier alpha value is -1.36. The maximum Gasteiger partial charge on any atom is 0.134 e. The maximum absolute atomic E-state index is 4.57. The number of aryl methyl sites for hydroxylation is 1. The summed E-state index contributed by atoms with van der Waals surface area (Å²) in [7, 11) is 4.19. The third-order valence-corrected chi connectivity index (χ3v) is 2.82. The second-order valence-corrected chi connectivity index (χ2v) is 4.98. The molecule has 0 saturated carbocycles. The second kappa shape index (κ2) is 7.94. The fourth-order valence-corrected chi connectivity index (χ4v) is 1.92. The first kappa shape index (κ1) is 15.7. The molecule has 0 bridgehead atoms. The van der Waals surface area contributed by atoms with Crippen molar-refractivity contribution in [1.82, 2.24) is 14.9 Å². The van der Waals surface area contributed by atoms with Crippen LogP contribution in [-0.2, 0) is 0 Å². The van der Waals surface area contributed by atoms with E-state index in [1.807, 2.05) is 13.0 Å². The Morgan fingerprint density at radius 3 is 2.42 bits per heavy atom. The van der Waals surface area contributed by atoms with Gasteiger partial charge in [-0.05, 0) is 34.4 Å². The van der Waals surface area contributed by atoms with Crippen LogP contribution >= 0.6 is 0 Å². The summed E-state index contributed by atoms with van der Waals surface area (Å²) in [6.07, 6.45) is 1.12. The molecule has 0 radical (unpaired) electrons. The lowest BCUT2D eigenvalue weighted by molar-refractivity contribution is 0.412. The SMILES string of the molecule is CCCN(CCN(C)C)c1cc(NCC)nc(C)n1. The molecule has 5 nitrogen and oxygen atoms in total. The molecule has 0 spiro atoms. The number of aromatic nitrogens is 2. The van der Waals surface area contributed by atoms with E-state index in [0.29, 0.717) is 0 Å². The standard InChI is InChI=1S/C14H27N5/c1-6-8-19(10-9-18(4)5)14-11-13(15-7-2)16-12(3)17-14/h11H,6-10H2,1-5H3,(H,15,16,17). The van der Waals surface area contributed by atoms with Crippen molar-refractivity contribution in [1.29, 1.82) is 0 Å². The topological polar surface area (TPSA) is 44.3 Å². The lowest BCUT2D eigenvalue weighted by atomic mass is 10.3. The van der Waals surface area contributed by atoms with E-state index < -0.39 is 0 Å². The Bertz CT molecular complexity index is 378. The zero-order valence-electron chi connectivity index (χ0n) is 12.9. The summed E-state index contributed by atoms with van der Waals surface area (Å²) < 4.78 is 0. The van der Waals surface area contributed by atoms with Gasteiger partial charge in [-0.15, -0.1) is 0 Å². The lowest BCUT2D eigenvalue weighted by Gasteiger charge is -2.25. The van der Waals surface area contributed by atoms with E-state index in [4.69, 9.17) is 0 Å². The number of likely N-dealkylation sites (N-methyl/N-ethyl adjacent to an activating group) is 1. The predicted molar refractivity (Wildman–Crippen MR) is 82.0 cm³/mol. The summed E-state index contributed by atoms with van der Waals surface area (Å²) >= 11 is 0. The van der Waals surface area contributed by atoms with Crippen LogP contribution in [0.4, 0.5) is 11.6 Å². The van der Waals surface area contributed by atoms with Crippen molar-refractivity contribution in [2.45, 2.75) is 27.2 Å². The first-order valence-corrected chi connectivity index (χ1v) is 7.06. The Morgan fingerprint density at radius 2 is 1.84 bits per heavy atom. The molecule has 0 aliphatic rings. The van der Waals surface area contributed by atoms with Crippen molar-refractivity contribution in [2.24, 2.45) is 0 Å². The normalized spacial score (nSPS) is 10.8. The van der Waals surface area contributed by atoms with Crippen LogP contribution in [0.15, 0.2) is 6.07 Å². The molecule has 1 aromatic rings. The molecule has 1 aromatic heterocycles. The second-order valence-electron chi connectivity index (χ2n) is 4.98. The Labute approximate surface area is 117 Å². The number of hydrogen-bond acceptors (Lipinski definition) is 5. The van der Waals surface area contributed by atoms with Gasteiger partial charge in [-0.2, -0.15) is 0 Å². The number of rotatable bonds is 8. The monoisotopic (exact) mass is 265 g/mol. The average Bonchev–Trinajstić information content (AvgIpc) is 2.34. The largest absolute Gasteiger partial charge is 0.370 e. The Balaban J connectivity index is 2.87. The minimum atomic E-state index is 0.819. The molecule has 0 aliphatic carbocycles. The van der Waals surface area contributed by atoms with Crippen LogP contribution in [0.3, 0.4) is 0 Å². The third kappa shape index (κ3) is 5.42. The van der Waals surface area contributed by atoms with Crippen molar-refractivity contribution in [3.8, 4) is 0 Å². The Morgan fingerprint density at radius 1 is 1.11 bits per heavy atom. The van der Waals surface area contributed by atoms with E-state index in [-0.39, 0.29) is 0 Å². The first-order valence-electron chi connectivity index (χ1n) is 7.06. The molecule has 1 heterocycles. The maximum atomic E-state index is 4.57. The van der Waals surface area contributed by atoms with Gasteiger partial charge in [0, 0.05) is 32.2 Å².